The molecule has 0 saturated heterocycles. The molecule has 0 amide bonds. The SMILES string of the molecule is CCC=CCOc1cc(C)c(C(=O)O)c(C)c1. The summed E-state index contributed by atoms with van der Waals surface area (Å²) in [5.74, 6) is -0.178. The zero-order valence-corrected chi connectivity index (χ0v) is 10.5. The number of carboxylic acid groups (broad SMARTS) is 1. The topological polar surface area (TPSA) is 46.5 Å². The zero-order chi connectivity index (χ0) is 12.8. The van der Waals surface area contributed by atoms with Crippen molar-refractivity contribution < 1.29 is 14.6 Å². The molecular formula is C14H18O3. The summed E-state index contributed by atoms with van der Waals surface area (Å²) in [5, 5.41) is 9.03. The first kappa shape index (κ1) is 13.3. The average Bonchev–Trinajstić information content (AvgIpc) is 2.23. The molecular weight excluding hydrogens is 216 g/mol. The first-order valence-electron chi connectivity index (χ1n) is 5.68. The second kappa shape index (κ2) is 6.09. The summed E-state index contributed by atoms with van der Waals surface area (Å²) >= 11 is 0. The van der Waals surface area contributed by atoms with Crippen LogP contribution >= 0.6 is 0 Å². The molecule has 0 aliphatic rings. The maximum absolute atomic E-state index is 11.0. The van der Waals surface area contributed by atoms with E-state index in [4.69, 9.17) is 9.84 Å². The van der Waals surface area contributed by atoms with E-state index in [1.807, 2.05) is 12.2 Å². The molecule has 92 valence electrons. The fourth-order valence-corrected chi connectivity index (χ4v) is 1.72. The summed E-state index contributed by atoms with van der Waals surface area (Å²) in [7, 11) is 0. The van der Waals surface area contributed by atoms with Crippen LogP contribution in [0.4, 0.5) is 0 Å². The highest BCUT2D eigenvalue weighted by atomic mass is 16.5. The molecule has 0 atom stereocenters. The lowest BCUT2D eigenvalue weighted by atomic mass is 10.0. The van der Waals surface area contributed by atoms with Gasteiger partial charge in [-0.2, -0.15) is 0 Å². The van der Waals surface area contributed by atoms with Crippen LogP contribution in [0.3, 0.4) is 0 Å². The number of ether oxygens (including phenoxy) is 1. The van der Waals surface area contributed by atoms with Crippen molar-refractivity contribution in [2.75, 3.05) is 6.61 Å². The lowest BCUT2D eigenvalue weighted by molar-refractivity contribution is 0.0695. The van der Waals surface area contributed by atoms with Gasteiger partial charge >= 0.3 is 5.97 Å². The lowest BCUT2D eigenvalue weighted by Gasteiger charge is -2.09. The maximum atomic E-state index is 11.0. The maximum Gasteiger partial charge on any atom is 0.336 e. The van der Waals surface area contributed by atoms with Crippen molar-refractivity contribution in [3.63, 3.8) is 0 Å². The second-order valence-electron chi connectivity index (χ2n) is 3.93. The summed E-state index contributed by atoms with van der Waals surface area (Å²) in [6, 6.07) is 3.52. The van der Waals surface area contributed by atoms with Crippen molar-refractivity contribution >= 4 is 5.97 Å². The van der Waals surface area contributed by atoms with Gasteiger partial charge in [-0.25, -0.2) is 4.79 Å². The van der Waals surface area contributed by atoms with Gasteiger partial charge in [0.2, 0.25) is 0 Å². The molecule has 1 N–H and O–H groups in total. The third-order valence-corrected chi connectivity index (χ3v) is 2.47. The van der Waals surface area contributed by atoms with E-state index in [1.54, 1.807) is 26.0 Å². The fraction of sp³-hybridized carbons (Fsp3) is 0.357. The molecule has 0 fully saturated rings. The Morgan fingerprint density at radius 3 is 2.35 bits per heavy atom. The largest absolute Gasteiger partial charge is 0.490 e. The van der Waals surface area contributed by atoms with Gasteiger partial charge in [-0.1, -0.05) is 19.1 Å². The molecule has 17 heavy (non-hydrogen) atoms. The van der Waals surface area contributed by atoms with Gasteiger partial charge in [-0.3, -0.25) is 0 Å². The smallest absolute Gasteiger partial charge is 0.336 e. The molecule has 0 aliphatic heterocycles. The first-order valence-corrected chi connectivity index (χ1v) is 5.68. The van der Waals surface area contributed by atoms with Crippen LogP contribution in [0.1, 0.15) is 34.8 Å². The molecule has 0 spiro atoms. The molecule has 0 unspecified atom stereocenters. The van der Waals surface area contributed by atoms with Gasteiger partial charge in [0, 0.05) is 0 Å². The Morgan fingerprint density at radius 2 is 1.88 bits per heavy atom. The van der Waals surface area contributed by atoms with Crippen molar-refractivity contribution in [2.24, 2.45) is 0 Å². The van der Waals surface area contributed by atoms with Crippen LogP contribution in [0, 0.1) is 13.8 Å². The van der Waals surface area contributed by atoms with Crippen molar-refractivity contribution in [2.45, 2.75) is 27.2 Å². The summed E-state index contributed by atoms with van der Waals surface area (Å²) in [6.07, 6.45) is 4.97. The Morgan fingerprint density at radius 1 is 1.29 bits per heavy atom. The molecule has 0 saturated carbocycles. The van der Waals surface area contributed by atoms with Gasteiger partial charge in [-0.05, 0) is 43.5 Å². The number of aryl methyl sites for hydroxylation is 2. The van der Waals surface area contributed by atoms with Gasteiger partial charge < -0.3 is 9.84 Å². The zero-order valence-electron chi connectivity index (χ0n) is 10.5. The summed E-state index contributed by atoms with van der Waals surface area (Å²) in [5.41, 5.74) is 1.82. The van der Waals surface area contributed by atoms with Gasteiger partial charge in [0.05, 0.1) is 5.56 Å². The van der Waals surface area contributed by atoms with E-state index in [2.05, 4.69) is 6.92 Å². The molecule has 0 aliphatic carbocycles. The van der Waals surface area contributed by atoms with Crippen molar-refractivity contribution in [1.29, 1.82) is 0 Å². The Hall–Kier alpha value is -1.77. The molecule has 1 aromatic carbocycles. The first-order chi connectivity index (χ1) is 8.06. The molecule has 1 aromatic rings. The summed E-state index contributed by atoms with van der Waals surface area (Å²) < 4.78 is 5.52. The third kappa shape index (κ3) is 3.63. The number of carboxylic acids is 1. The Balaban J connectivity index is 2.83. The van der Waals surface area contributed by atoms with E-state index >= 15 is 0 Å². The van der Waals surface area contributed by atoms with Gasteiger partial charge in [0.15, 0.2) is 0 Å². The second-order valence-corrected chi connectivity index (χ2v) is 3.93. The van der Waals surface area contributed by atoms with Gasteiger partial charge in [-0.15, -0.1) is 0 Å². The number of rotatable bonds is 5. The Kier molecular flexibility index (Phi) is 4.76. The fourth-order valence-electron chi connectivity index (χ4n) is 1.72. The van der Waals surface area contributed by atoms with Crippen LogP contribution in [0.15, 0.2) is 24.3 Å². The standard InChI is InChI=1S/C14H18O3/c1-4-5-6-7-17-12-8-10(2)13(14(15)16)11(3)9-12/h5-6,8-9H,4,7H2,1-3H3,(H,15,16). The molecule has 0 aromatic heterocycles. The third-order valence-electron chi connectivity index (χ3n) is 2.47. The van der Waals surface area contributed by atoms with E-state index in [0.717, 1.165) is 17.5 Å². The molecule has 3 nitrogen and oxygen atoms in total. The number of allylic oxidation sites excluding steroid dienone is 1. The summed E-state index contributed by atoms with van der Waals surface area (Å²) in [6.45, 7) is 6.14. The van der Waals surface area contributed by atoms with Crippen LogP contribution in [0.25, 0.3) is 0 Å². The van der Waals surface area contributed by atoms with Crippen molar-refractivity contribution in [3.8, 4) is 5.75 Å². The van der Waals surface area contributed by atoms with E-state index in [9.17, 15) is 4.79 Å². The Bertz CT molecular complexity index is 410. The predicted octanol–water partition coefficient (Wildman–Crippen LogP) is 3.35. The lowest BCUT2D eigenvalue weighted by Crippen LogP contribution is -2.04. The van der Waals surface area contributed by atoms with Crippen LogP contribution < -0.4 is 4.74 Å². The van der Waals surface area contributed by atoms with Gasteiger partial charge in [0.25, 0.3) is 0 Å². The van der Waals surface area contributed by atoms with Crippen molar-refractivity contribution in [3.05, 3.63) is 41.0 Å². The molecule has 0 radical (unpaired) electrons. The highest BCUT2D eigenvalue weighted by Crippen LogP contribution is 2.21. The minimum atomic E-state index is -0.891. The van der Waals surface area contributed by atoms with Crippen molar-refractivity contribution in [1.82, 2.24) is 0 Å². The molecule has 1 rings (SSSR count). The highest BCUT2D eigenvalue weighted by Gasteiger charge is 2.11. The van der Waals surface area contributed by atoms with E-state index in [-0.39, 0.29) is 0 Å². The molecule has 3 heteroatoms. The van der Waals surface area contributed by atoms with Gasteiger partial charge in [0.1, 0.15) is 12.4 Å². The predicted molar refractivity (Wildman–Crippen MR) is 67.8 cm³/mol. The highest BCUT2D eigenvalue weighted by molar-refractivity contribution is 5.91. The molecule has 0 heterocycles. The van der Waals surface area contributed by atoms with E-state index in [1.165, 1.54) is 0 Å². The van der Waals surface area contributed by atoms with E-state index in [0.29, 0.717) is 17.9 Å². The monoisotopic (exact) mass is 234 g/mol. The Labute approximate surface area is 102 Å². The minimum Gasteiger partial charge on any atom is -0.490 e. The number of benzene rings is 1. The average molecular weight is 234 g/mol. The quantitative estimate of drug-likeness (QED) is 0.795. The summed E-state index contributed by atoms with van der Waals surface area (Å²) in [4.78, 5) is 11.0. The number of carbonyl (C=O) groups is 1. The molecule has 0 bridgehead atoms. The normalized spacial score (nSPS) is 10.8. The minimum absolute atomic E-state index is 0.362. The number of aromatic carboxylic acids is 1. The van der Waals surface area contributed by atoms with Crippen LogP contribution in [0.5, 0.6) is 5.75 Å². The van der Waals surface area contributed by atoms with Crippen LogP contribution in [-0.2, 0) is 0 Å². The number of hydrogen-bond acceptors (Lipinski definition) is 2. The van der Waals surface area contributed by atoms with E-state index < -0.39 is 5.97 Å². The van der Waals surface area contributed by atoms with Crippen LogP contribution in [-0.4, -0.2) is 17.7 Å². The number of hydrogen-bond donors (Lipinski definition) is 1. The van der Waals surface area contributed by atoms with Crippen LogP contribution in [0.2, 0.25) is 0 Å².